The molecule has 2 heterocycles. The van der Waals surface area contributed by atoms with Crippen LogP contribution in [0.1, 0.15) is 64.6 Å². The summed E-state index contributed by atoms with van der Waals surface area (Å²) in [5.41, 5.74) is 0.212. The van der Waals surface area contributed by atoms with Gasteiger partial charge in [0.1, 0.15) is 18.2 Å². The molecular weight excluding hydrogens is 539 g/mol. The zero-order chi connectivity index (χ0) is 29.5. The SMILES string of the molecule is CCC(NCc1cc2c(c(C(F)(F)F)c1)CN(c1cccc(C3(c4nncn4C)CC(OC)C3)c1)C2=O)C(=O)OC. The quantitative estimate of drug-likeness (QED) is 0.386. The molecule has 1 fully saturated rings. The molecule has 3 aromatic rings. The van der Waals surface area contributed by atoms with E-state index in [0.717, 1.165) is 17.5 Å². The lowest BCUT2D eigenvalue weighted by atomic mass is 9.62. The molecule has 41 heavy (non-hydrogen) atoms. The summed E-state index contributed by atoms with van der Waals surface area (Å²) in [7, 11) is 4.77. The molecule has 1 atom stereocenters. The van der Waals surface area contributed by atoms with Crippen molar-refractivity contribution in [2.45, 2.75) is 63.0 Å². The number of ether oxygens (including phenoxy) is 2. The molecule has 2 aromatic carbocycles. The van der Waals surface area contributed by atoms with E-state index in [9.17, 15) is 22.8 Å². The van der Waals surface area contributed by atoms with E-state index in [-0.39, 0.29) is 35.9 Å². The summed E-state index contributed by atoms with van der Waals surface area (Å²) < 4.78 is 54.8. The molecule has 1 N–H and O–H groups in total. The van der Waals surface area contributed by atoms with Crippen LogP contribution in [0.5, 0.6) is 0 Å². The molecule has 2 aliphatic rings. The second-order valence-electron chi connectivity index (χ2n) is 10.6. The highest BCUT2D eigenvalue weighted by atomic mass is 19.4. The topological polar surface area (TPSA) is 98.6 Å². The lowest BCUT2D eigenvalue weighted by Gasteiger charge is -2.46. The minimum atomic E-state index is -4.67. The Morgan fingerprint density at radius 3 is 2.59 bits per heavy atom. The molecule has 1 aliphatic heterocycles. The van der Waals surface area contributed by atoms with E-state index in [1.54, 1.807) is 32.5 Å². The Morgan fingerprint density at radius 2 is 1.98 bits per heavy atom. The Hall–Kier alpha value is -3.77. The molecule has 5 rings (SSSR count). The standard InChI is InChI=1S/C29H32F3N5O4/c1-5-24(26(39)41-4)33-14-17-9-21-22(23(10-17)29(30,31)32)15-37(25(21)38)19-8-6-7-18(11-19)28(12-20(13-28)40-3)27-35-34-16-36(27)2/h6-11,16,20,24,33H,5,12-15H2,1-4H3. The minimum Gasteiger partial charge on any atom is -0.468 e. The first-order valence-electron chi connectivity index (χ1n) is 13.4. The highest BCUT2D eigenvalue weighted by Crippen LogP contribution is 2.50. The molecule has 1 unspecified atom stereocenters. The first-order valence-corrected chi connectivity index (χ1v) is 13.4. The summed E-state index contributed by atoms with van der Waals surface area (Å²) in [6.45, 7) is 1.52. The molecule has 0 bridgehead atoms. The summed E-state index contributed by atoms with van der Waals surface area (Å²) in [4.78, 5) is 26.9. The molecule has 218 valence electrons. The summed E-state index contributed by atoms with van der Waals surface area (Å²) in [5.74, 6) is -0.261. The maximum absolute atomic E-state index is 14.2. The monoisotopic (exact) mass is 571 g/mol. The Labute approximate surface area is 235 Å². The third-order valence-corrected chi connectivity index (χ3v) is 8.19. The molecule has 1 aliphatic carbocycles. The number of methoxy groups -OCH3 is 2. The van der Waals surface area contributed by atoms with Crippen molar-refractivity contribution in [1.82, 2.24) is 20.1 Å². The van der Waals surface area contributed by atoms with Crippen molar-refractivity contribution in [2.75, 3.05) is 19.1 Å². The Kier molecular flexibility index (Phi) is 7.64. The van der Waals surface area contributed by atoms with Crippen molar-refractivity contribution in [3.63, 3.8) is 0 Å². The first kappa shape index (κ1) is 28.7. The van der Waals surface area contributed by atoms with Gasteiger partial charge in [-0.25, -0.2) is 0 Å². The lowest BCUT2D eigenvalue weighted by Crippen LogP contribution is -2.48. The minimum absolute atomic E-state index is 0.000694. The number of nitrogens with one attached hydrogen (secondary N) is 1. The summed E-state index contributed by atoms with van der Waals surface area (Å²) in [5, 5.41) is 11.3. The van der Waals surface area contributed by atoms with E-state index in [1.807, 2.05) is 23.7 Å². The van der Waals surface area contributed by atoms with Gasteiger partial charge in [-0.3, -0.25) is 9.59 Å². The molecule has 0 spiro atoms. The van der Waals surface area contributed by atoms with Gasteiger partial charge < -0.3 is 24.3 Å². The number of alkyl halides is 3. The molecule has 1 amide bonds. The fourth-order valence-corrected chi connectivity index (χ4v) is 5.93. The molecule has 0 saturated heterocycles. The van der Waals surface area contributed by atoms with Crippen LogP contribution in [0.3, 0.4) is 0 Å². The van der Waals surface area contributed by atoms with Crippen LogP contribution in [0.15, 0.2) is 42.7 Å². The molecule has 12 heteroatoms. The average molecular weight is 572 g/mol. The van der Waals surface area contributed by atoms with E-state index >= 15 is 0 Å². The van der Waals surface area contributed by atoms with E-state index < -0.39 is 35.1 Å². The maximum atomic E-state index is 14.2. The number of anilines is 1. The highest BCUT2D eigenvalue weighted by molar-refractivity contribution is 6.10. The number of carbonyl (C=O) groups is 2. The lowest BCUT2D eigenvalue weighted by molar-refractivity contribution is -0.143. The predicted octanol–water partition coefficient (Wildman–Crippen LogP) is 4.13. The van der Waals surface area contributed by atoms with Crippen molar-refractivity contribution < 1.29 is 32.2 Å². The Balaban J connectivity index is 1.48. The van der Waals surface area contributed by atoms with Crippen LogP contribution in [0.4, 0.5) is 18.9 Å². The molecule has 9 nitrogen and oxygen atoms in total. The van der Waals surface area contributed by atoms with Gasteiger partial charge in [0.25, 0.3) is 5.91 Å². The zero-order valence-corrected chi connectivity index (χ0v) is 23.3. The van der Waals surface area contributed by atoms with Gasteiger partial charge in [0.2, 0.25) is 0 Å². The van der Waals surface area contributed by atoms with Gasteiger partial charge in [0, 0.05) is 32.0 Å². The molecular formula is C29H32F3N5O4. The third-order valence-electron chi connectivity index (χ3n) is 8.19. The number of amides is 1. The smallest absolute Gasteiger partial charge is 0.416 e. The number of benzene rings is 2. The summed E-state index contributed by atoms with van der Waals surface area (Å²) >= 11 is 0. The first-order chi connectivity index (χ1) is 19.5. The van der Waals surface area contributed by atoms with E-state index in [1.165, 1.54) is 18.1 Å². The van der Waals surface area contributed by atoms with Crippen molar-refractivity contribution in [3.8, 4) is 0 Å². The molecule has 1 aromatic heterocycles. The van der Waals surface area contributed by atoms with E-state index in [2.05, 4.69) is 15.5 Å². The van der Waals surface area contributed by atoms with Crippen LogP contribution in [-0.4, -0.2) is 53.0 Å². The van der Waals surface area contributed by atoms with Crippen molar-refractivity contribution in [2.24, 2.45) is 7.05 Å². The highest BCUT2D eigenvalue weighted by Gasteiger charge is 2.50. The number of hydrogen-bond acceptors (Lipinski definition) is 7. The molecule has 0 radical (unpaired) electrons. The van der Waals surface area contributed by atoms with Gasteiger partial charge in [0.15, 0.2) is 0 Å². The Morgan fingerprint density at radius 1 is 1.22 bits per heavy atom. The average Bonchev–Trinajstić information content (AvgIpc) is 3.51. The largest absolute Gasteiger partial charge is 0.468 e. The fourth-order valence-electron chi connectivity index (χ4n) is 5.93. The Bertz CT molecular complexity index is 1460. The summed E-state index contributed by atoms with van der Waals surface area (Å²) in [6, 6.07) is 9.16. The van der Waals surface area contributed by atoms with Gasteiger partial charge in [-0.15, -0.1) is 10.2 Å². The second kappa shape index (κ2) is 10.9. The van der Waals surface area contributed by atoms with Crippen LogP contribution in [0.25, 0.3) is 0 Å². The molecule has 1 saturated carbocycles. The van der Waals surface area contributed by atoms with E-state index in [4.69, 9.17) is 9.47 Å². The van der Waals surface area contributed by atoms with Crippen molar-refractivity contribution in [3.05, 3.63) is 76.4 Å². The van der Waals surface area contributed by atoms with Crippen LogP contribution in [-0.2, 0) is 46.0 Å². The second-order valence-corrected chi connectivity index (χ2v) is 10.6. The normalized spacial score (nSPS) is 21.0. The summed E-state index contributed by atoms with van der Waals surface area (Å²) in [6.07, 6.45) is -1.30. The predicted molar refractivity (Wildman–Crippen MR) is 143 cm³/mol. The third kappa shape index (κ3) is 5.10. The van der Waals surface area contributed by atoms with Gasteiger partial charge in [-0.05, 0) is 60.2 Å². The number of nitrogens with zero attached hydrogens (tertiary/aromatic N) is 4. The van der Waals surface area contributed by atoms with Gasteiger partial charge in [-0.1, -0.05) is 19.1 Å². The van der Waals surface area contributed by atoms with Crippen LogP contribution < -0.4 is 10.2 Å². The number of fused-ring (bicyclic) bond motifs is 1. The number of carbonyl (C=O) groups excluding carboxylic acids is 2. The van der Waals surface area contributed by atoms with Crippen LogP contribution in [0, 0.1) is 0 Å². The van der Waals surface area contributed by atoms with Gasteiger partial charge in [0.05, 0.1) is 30.7 Å². The zero-order valence-electron chi connectivity index (χ0n) is 23.3. The number of aryl methyl sites for hydroxylation is 1. The van der Waals surface area contributed by atoms with Crippen LogP contribution >= 0.6 is 0 Å². The van der Waals surface area contributed by atoms with Crippen molar-refractivity contribution >= 4 is 17.6 Å². The van der Waals surface area contributed by atoms with Gasteiger partial charge >= 0.3 is 12.1 Å². The fraction of sp³-hybridized carbons (Fsp3) is 0.448. The van der Waals surface area contributed by atoms with E-state index in [0.29, 0.717) is 24.9 Å². The number of hydrogen-bond donors (Lipinski definition) is 1. The number of rotatable bonds is 9. The number of aromatic nitrogens is 3. The number of halogens is 3. The number of esters is 1. The van der Waals surface area contributed by atoms with Gasteiger partial charge in [-0.2, -0.15) is 13.2 Å². The maximum Gasteiger partial charge on any atom is 0.416 e. The van der Waals surface area contributed by atoms with Crippen LogP contribution in [0.2, 0.25) is 0 Å². The van der Waals surface area contributed by atoms with Crippen molar-refractivity contribution in [1.29, 1.82) is 0 Å².